The molecule has 1 aliphatic heterocycles. The zero-order valence-corrected chi connectivity index (χ0v) is 15.5. The van der Waals surface area contributed by atoms with Gasteiger partial charge in [-0.1, -0.05) is 35.7 Å². The first-order valence-corrected chi connectivity index (χ1v) is 9.12. The molecule has 0 bridgehead atoms. The molecule has 25 heavy (non-hydrogen) atoms. The van der Waals surface area contributed by atoms with Gasteiger partial charge in [-0.25, -0.2) is 9.48 Å². The van der Waals surface area contributed by atoms with E-state index >= 15 is 0 Å². The lowest BCUT2D eigenvalue weighted by Crippen LogP contribution is -2.35. The van der Waals surface area contributed by atoms with Crippen molar-refractivity contribution in [3.63, 3.8) is 0 Å². The molecule has 8 heteroatoms. The Bertz CT molecular complexity index is 844. The summed E-state index contributed by atoms with van der Waals surface area (Å²) >= 11 is 11.9. The van der Waals surface area contributed by atoms with E-state index in [4.69, 9.17) is 23.2 Å². The molecule has 1 unspecified atom stereocenters. The van der Waals surface area contributed by atoms with Crippen LogP contribution in [-0.4, -0.2) is 20.3 Å². The van der Waals surface area contributed by atoms with Crippen LogP contribution >= 0.6 is 23.2 Å². The minimum atomic E-state index is -0.270. The molecule has 0 radical (unpaired) electrons. The monoisotopic (exact) mass is 382 g/mol. The molecule has 0 fully saturated rings. The lowest BCUT2D eigenvalue weighted by molar-refractivity contribution is -0.122. The van der Waals surface area contributed by atoms with Crippen molar-refractivity contribution in [2.45, 2.75) is 51.7 Å². The van der Waals surface area contributed by atoms with Gasteiger partial charge in [0.25, 0.3) is 0 Å². The summed E-state index contributed by atoms with van der Waals surface area (Å²) in [6.45, 7) is 2.43. The van der Waals surface area contributed by atoms with Crippen LogP contribution in [0.4, 0.5) is 0 Å². The van der Waals surface area contributed by atoms with Crippen LogP contribution in [0.2, 0.25) is 10.0 Å². The van der Waals surface area contributed by atoms with E-state index in [1.807, 2.05) is 13.0 Å². The molecule has 0 saturated carbocycles. The second-order valence-electron chi connectivity index (χ2n) is 6.28. The number of aryl methyl sites for hydroxylation is 1. The standard InChI is InChI=1S/C17H20Cl2N4O2/c1-11(12-6-7-13(18)14(19)9-12)20-16(24)10-23-17(25)22-8-4-2-3-5-15(22)21-23/h6-7,9,11H,2-5,8,10H2,1H3,(H,20,24). The van der Waals surface area contributed by atoms with E-state index in [-0.39, 0.29) is 24.2 Å². The molecule has 2 heterocycles. The predicted molar refractivity (Wildman–Crippen MR) is 97.1 cm³/mol. The zero-order chi connectivity index (χ0) is 18.0. The molecule has 0 spiro atoms. The van der Waals surface area contributed by atoms with Crippen LogP contribution < -0.4 is 11.0 Å². The van der Waals surface area contributed by atoms with Gasteiger partial charge in [0.15, 0.2) is 0 Å². The molecule has 1 aromatic carbocycles. The molecular formula is C17H20Cl2N4O2. The molecule has 1 aromatic heterocycles. The number of hydrogen-bond donors (Lipinski definition) is 1. The van der Waals surface area contributed by atoms with Crippen LogP contribution in [0.15, 0.2) is 23.0 Å². The summed E-state index contributed by atoms with van der Waals surface area (Å²) in [5.41, 5.74) is 0.630. The molecule has 2 aromatic rings. The van der Waals surface area contributed by atoms with Crippen LogP contribution in [0, 0.1) is 0 Å². The highest BCUT2D eigenvalue weighted by Crippen LogP contribution is 2.25. The topological polar surface area (TPSA) is 68.9 Å². The van der Waals surface area contributed by atoms with Crippen molar-refractivity contribution in [2.75, 3.05) is 0 Å². The second-order valence-corrected chi connectivity index (χ2v) is 7.10. The number of nitrogens with one attached hydrogen (secondary N) is 1. The highest BCUT2D eigenvalue weighted by molar-refractivity contribution is 6.42. The van der Waals surface area contributed by atoms with Crippen molar-refractivity contribution in [1.82, 2.24) is 19.7 Å². The van der Waals surface area contributed by atoms with Crippen molar-refractivity contribution in [1.29, 1.82) is 0 Å². The molecule has 0 saturated heterocycles. The number of rotatable bonds is 4. The Labute approximate surface area is 155 Å². The first-order chi connectivity index (χ1) is 12.0. The summed E-state index contributed by atoms with van der Waals surface area (Å²) in [5.74, 6) is 0.502. The SMILES string of the molecule is CC(NC(=O)Cn1nc2n(c1=O)CCCCC2)c1ccc(Cl)c(Cl)c1. The maximum atomic E-state index is 12.4. The van der Waals surface area contributed by atoms with Gasteiger partial charge < -0.3 is 5.32 Å². The average molecular weight is 383 g/mol. The van der Waals surface area contributed by atoms with Gasteiger partial charge in [0, 0.05) is 13.0 Å². The minimum Gasteiger partial charge on any atom is -0.348 e. The summed E-state index contributed by atoms with van der Waals surface area (Å²) in [4.78, 5) is 24.7. The third kappa shape index (κ3) is 4.07. The fourth-order valence-electron chi connectivity index (χ4n) is 3.02. The van der Waals surface area contributed by atoms with Crippen molar-refractivity contribution < 1.29 is 4.79 Å². The van der Waals surface area contributed by atoms with Gasteiger partial charge in [-0.05, 0) is 37.5 Å². The van der Waals surface area contributed by atoms with Crippen molar-refractivity contribution in [3.8, 4) is 0 Å². The molecular weight excluding hydrogens is 363 g/mol. The Kier molecular flexibility index (Phi) is 5.49. The number of hydrogen-bond acceptors (Lipinski definition) is 3. The third-order valence-electron chi connectivity index (χ3n) is 4.40. The number of carbonyl (C=O) groups excluding carboxylic acids is 1. The Morgan fingerprint density at radius 1 is 1.28 bits per heavy atom. The largest absolute Gasteiger partial charge is 0.348 e. The predicted octanol–water partition coefficient (Wildman–Crippen LogP) is 2.96. The summed E-state index contributed by atoms with van der Waals surface area (Å²) in [7, 11) is 0. The lowest BCUT2D eigenvalue weighted by Gasteiger charge is -2.14. The summed E-state index contributed by atoms with van der Waals surface area (Å²) in [6.07, 6.45) is 3.88. The van der Waals surface area contributed by atoms with E-state index in [1.54, 1.807) is 16.7 Å². The normalized spacial score (nSPS) is 15.3. The van der Waals surface area contributed by atoms with E-state index in [2.05, 4.69) is 10.4 Å². The Balaban J connectivity index is 1.68. The highest BCUT2D eigenvalue weighted by atomic mass is 35.5. The van der Waals surface area contributed by atoms with Gasteiger partial charge in [-0.3, -0.25) is 9.36 Å². The van der Waals surface area contributed by atoms with Crippen molar-refractivity contribution in [3.05, 3.63) is 50.1 Å². The zero-order valence-electron chi connectivity index (χ0n) is 14.0. The highest BCUT2D eigenvalue weighted by Gasteiger charge is 2.18. The van der Waals surface area contributed by atoms with E-state index < -0.39 is 0 Å². The number of benzene rings is 1. The summed E-state index contributed by atoms with van der Waals surface area (Å²) in [5, 5.41) is 8.09. The van der Waals surface area contributed by atoms with Crippen LogP contribution in [0.25, 0.3) is 0 Å². The number of fused-ring (bicyclic) bond motifs is 1. The van der Waals surface area contributed by atoms with Gasteiger partial charge >= 0.3 is 5.69 Å². The number of carbonyl (C=O) groups is 1. The lowest BCUT2D eigenvalue weighted by atomic mass is 10.1. The molecule has 0 aliphatic carbocycles. The van der Waals surface area contributed by atoms with Crippen LogP contribution in [-0.2, 0) is 24.3 Å². The molecule has 134 valence electrons. The summed E-state index contributed by atoms with van der Waals surface area (Å²) < 4.78 is 2.93. The van der Waals surface area contributed by atoms with Crippen molar-refractivity contribution in [2.24, 2.45) is 0 Å². The van der Waals surface area contributed by atoms with Crippen molar-refractivity contribution >= 4 is 29.1 Å². The Hall–Kier alpha value is -1.79. The third-order valence-corrected chi connectivity index (χ3v) is 5.14. The molecule has 3 rings (SSSR count). The minimum absolute atomic E-state index is 0.0928. The average Bonchev–Trinajstić information content (AvgIpc) is 2.75. The smallest absolute Gasteiger partial charge is 0.346 e. The number of nitrogens with zero attached hydrogens (tertiary/aromatic N) is 3. The Morgan fingerprint density at radius 2 is 2.08 bits per heavy atom. The molecule has 1 N–H and O–H groups in total. The van der Waals surface area contributed by atoms with E-state index in [9.17, 15) is 9.59 Å². The van der Waals surface area contributed by atoms with Gasteiger partial charge in [0.1, 0.15) is 12.4 Å². The fraction of sp³-hybridized carbons (Fsp3) is 0.471. The second kappa shape index (κ2) is 7.62. The maximum Gasteiger partial charge on any atom is 0.346 e. The number of halogens is 2. The molecule has 1 amide bonds. The van der Waals surface area contributed by atoms with E-state index in [0.717, 1.165) is 37.1 Å². The van der Waals surface area contributed by atoms with E-state index in [0.29, 0.717) is 16.6 Å². The first-order valence-electron chi connectivity index (χ1n) is 8.36. The molecule has 6 nitrogen and oxygen atoms in total. The maximum absolute atomic E-state index is 12.4. The van der Waals surface area contributed by atoms with Gasteiger partial charge in [0.2, 0.25) is 5.91 Å². The fourth-order valence-corrected chi connectivity index (χ4v) is 3.32. The molecule has 1 atom stereocenters. The first kappa shape index (κ1) is 18.0. The number of aromatic nitrogens is 3. The summed E-state index contributed by atoms with van der Waals surface area (Å²) in [6, 6.07) is 4.97. The van der Waals surface area contributed by atoms with Gasteiger partial charge in [0.05, 0.1) is 16.1 Å². The van der Waals surface area contributed by atoms with Gasteiger partial charge in [-0.2, -0.15) is 5.10 Å². The molecule has 1 aliphatic rings. The van der Waals surface area contributed by atoms with Gasteiger partial charge in [-0.15, -0.1) is 0 Å². The quantitative estimate of drug-likeness (QED) is 0.883. The number of amides is 1. The van der Waals surface area contributed by atoms with Crippen LogP contribution in [0.1, 0.15) is 43.6 Å². The van der Waals surface area contributed by atoms with E-state index in [1.165, 1.54) is 4.68 Å². The van der Waals surface area contributed by atoms with Crippen LogP contribution in [0.3, 0.4) is 0 Å². The Morgan fingerprint density at radius 3 is 2.84 bits per heavy atom. The van der Waals surface area contributed by atoms with Crippen LogP contribution in [0.5, 0.6) is 0 Å².